The zero-order valence-corrected chi connectivity index (χ0v) is 11.4. The van der Waals surface area contributed by atoms with Crippen molar-refractivity contribution in [3.63, 3.8) is 0 Å². The third kappa shape index (κ3) is 9.60. The summed E-state index contributed by atoms with van der Waals surface area (Å²) in [4.78, 5) is 0. The predicted octanol–water partition coefficient (Wildman–Crippen LogP) is 0.876. The molecule has 1 radical (unpaired) electrons. The van der Waals surface area contributed by atoms with E-state index in [2.05, 4.69) is 0 Å². The Labute approximate surface area is 89.7 Å². The van der Waals surface area contributed by atoms with E-state index in [9.17, 15) is 0 Å². The SMILES string of the molecule is CC(C)[O][La].[La]. The summed E-state index contributed by atoms with van der Waals surface area (Å²) < 4.78 is 4.92. The molecule has 0 amide bonds. The van der Waals surface area contributed by atoms with E-state index in [0.717, 1.165) is 0 Å². The second kappa shape index (κ2) is 7.35. The van der Waals surface area contributed by atoms with Crippen LogP contribution < -0.4 is 0 Å². The third-order valence-corrected chi connectivity index (χ3v) is 1.98. The zero-order valence-electron chi connectivity index (χ0n) is 4.14. The number of rotatable bonds is 1. The fourth-order valence-electron chi connectivity index (χ4n) is 0. The monoisotopic (exact) mass is 337 g/mol. The average Bonchev–Trinajstić information content (AvgIpc) is 1.38. The minimum Gasteiger partial charge on any atom is 0 e. The molecular formula is C3H7La2O. The van der Waals surface area contributed by atoms with Crippen LogP contribution in [-0.4, -0.2) is 6.10 Å². The first-order chi connectivity index (χ1) is 2.27. The van der Waals surface area contributed by atoms with Gasteiger partial charge in [-0.2, -0.15) is 0 Å². The molecule has 0 bridgehead atoms. The van der Waals surface area contributed by atoms with Gasteiger partial charge in [0.05, 0.1) is 0 Å². The van der Waals surface area contributed by atoms with Crippen molar-refractivity contribution in [1.29, 1.82) is 0 Å². The summed E-state index contributed by atoms with van der Waals surface area (Å²) in [5.41, 5.74) is 0. The molecule has 0 aliphatic carbocycles. The van der Waals surface area contributed by atoms with Crippen molar-refractivity contribution in [1.82, 2.24) is 0 Å². The first-order valence-corrected chi connectivity index (χ1v) is 3.11. The minimum atomic E-state index is 0. The van der Waals surface area contributed by atoms with E-state index in [4.69, 9.17) is 1.70 Å². The van der Waals surface area contributed by atoms with E-state index >= 15 is 0 Å². The molecule has 0 atom stereocenters. The fourth-order valence-corrected chi connectivity index (χ4v) is 0. The molecule has 0 fully saturated rings. The molecular weight excluding hydrogens is 330 g/mol. The summed E-state index contributed by atoms with van der Waals surface area (Å²) in [6, 6.07) is 0. The van der Waals surface area contributed by atoms with E-state index in [1.165, 1.54) is 0 Å². The summed E-state index contributed by atoms with van der Waals surface area (Å²) in [6.07, 6.45) is 0.458. The van der Waals surface area contributed by atoms with Crippen LogP contribution in [0.5, 0.6) is 0 Å². The van der Waals surface area contributed by atoms with E-state index in [1.807, 2.05) is 13.8 Å². The number of hydrogen-bond donors (Lipinski definition) is 0. The number of hydrogen-bond acceptors (Lipinski definition) is 1. The van der Waals surface area contributed by atoms with Gasteiger partial charge >= 0.3 is 55.9 Å². The molecule has 0 aromatic heterocycles. The molecule has 0 unspecified atom stereocenters. The van der Waals surface area contributed by atoms with Crippen LogP contribution in [0.3, 0.4) is 0 Å². The summed E-state index contributed by atoms with van der Waals surface area (Å²) >= 11 is 0.708. The van der Waals surface area contributed by atoms with Crippen molar-refractivity contribution in [2.75, 3.05) is 0 Å². The van der Waals surface area contributed by atoms with Gasteiger partial charge in [0.15, 0.2) is 0 Å². The van der Waals surface area contributed by atoms with Crippen LogP contribution in [0, 0.1) is 69.9 Å². The van der Waals surface area contributed by atoms with E-state index < -0.39 is 0 Å². The molecule has 0 aromatic carbocycles. The molecule has 0 heterocycles. The normalized spacial score (nSPS) is 7.67. The smallest absolute Gasteiger partial charge is 0 e. The average molecular weight is 337 g/mol. The van der Waals surface area contributed by atoms with Gasteiger partial charge in [-0.3, -0.25) is 0 Å². The minimum absolute atomic E-state index is 0. The molecule has 0 spiro atoms. The summed E-state index contributed by atoms with van der Waals surface area (Å²) in [7, 11) is 0. The second-order valence-electron chi connectivity index (χ2n) is 1.18. The van der Waals surface area contributed by atoms with Gasteiger partial charge in [0.2, 0.25) is 0 Å². The topological polar surface area (TPSA) is 9.23 Å². The Balaban J connectivity index is 0. The zero-order chi connectivity index (χ0) is 4.28. The van der Waals surface area contributed by atoms with E-state index in [1.54, 1.807) is 0 Å². The molecule has 6 heavy (non-hydrogen) atoms. The summed E-state index contributed by atoms with van der Waals surface area (Å²) in [5, 5.41) is 0. The van der Waals surface area contributed by atoms with Gasteiger partial charge in [-0.05, 0) is 0 Å². The third-order valence-electron chi connectivity index (χ3n) is 0.272. The van der Waals surface area contributed by atoms with E-state index in [0.29, 0.717) is 40.4 Å². The Morgan fingerprint density at radius 2 is 1.67 bits per heavy atom. The van der Waals surface area contributed by atoms with Gasteiger partial charge in [0, 0.05) is 35.6 Å². The van der Waals surface area contributed by atoms with Crippen molar-refractivity contribution in [3.8, 4) is 0 Å². The van der Waals surface area contributed by atoms with Crippen LogP contribution in [0.4, 0.5) is 0 Å². The Hall–Kier alpha value is 2.35. The molecule has 0 saturated heterocycles. The van der Waals surface area contributed by atoms with Crippen molar-refractivity contribution in [2.45, 2.75) is 20.0 Å². The molecule has 0 aliphatic heterocycles. The Morgan fingerprint density at radius 1 is 1.50 bits per heavy atom. The van der Waals surface area contributed by atoms with Crippen molar-refractivity contribution in [3.05, 3.63) is 0 Å². The van der Waals surface area contributed by atoms with Crippen LogP contribution in [0.25, 0.3) is 0 Å². The van der Waals surface area contributed by atoms with Crippen LogP contribution in [0.1, 0.15) is 13.8 Å². The van der Waals surface area contributed by atoms with Gasteiger partial charge in [-0.15, -0.1) is 0 Å². The predicted molar refractivity (Wildman–Crippen MR) is 16.2 cm³/mol. The van der Waals surface area contributed by atoms with Crippen LogP contribution in [-0.2, 0) is 1.70 Å². The molecule has 31 valence electrons. The molecule has 0 saturated carbocycles. The van der Waals surface area contributed by atoms with Crippen molar-refractivity contribution >= 4 is 0 Å². The van der Waals surface area contributed by atoms with Gasteiger partial charge in [0.25, 0.3) is 0 Å². The van der Waals surface area contributed by atoms with Gasteiger partial charge in [-0.25, -0.2) is 0 Å². The molecule has 0 aromatic rings. The van der Waals surface area contributed by atoms with Gasteiger partial charge in [-0.1, -0.05) is 0 Å². The standard InChI is InChI=1S/C3H7O.2La/c1-3(2)4;;/h3H,1-2H3;;/q-1;;+1. The quantitative estimate of drug-likeness (QED) is 0.690. The van der Waals surface area contributed by atoms with E-state index in [-0.39, 0.29) is 35.6 Å². The largest absolute Gasteiger partial charge is 0 e. The van der Waals surface area contributed by atoms with Crippen molar-refractivity contribution in [2.24, 2.45) is 0 Å². The van der Waals surface area contributed by atoms with Crippen LogP contribution in [0.2, 0.25) is 0 Å². The second-order valence-corrected chi connectivity index (χ2v) is 2.04. The first kappa shape index (κ1) is 11.2. The van der Waals surface area contributed by atoms with Gasteiger partial charge in [0.1, 0.15) is 0 Å². The summed E-state index contributed by atoms with van der Waals surface area (Å²) in [6.45, 7) is 4.08. The maximum atomic E-state index is 4.92. The van der Waals surface area contributed by atoms with Crippen molar-refractivity contribution < 1.29 is 71.6 Å². The van der Waals surface area contributed by atoms with Crippen LogP contribution in [0.15, 0.2) is 0 Å². The molecule has 3 heteroatoms. The first-order valence-electron chi connectivity index (χ1n) is 1.63. The Bertz CT molecular complexity index is 22.8. The Kier molecular flexibility index (Phi) is 13.7. The molecule has 1 nitrogen and oxygen atoms in total. The molecule has 0 rings (SSSR count). The molecule has 0 N–H and O–H groups in total. The van der Waals surface area contributed by atoms with Crippen LogP contribution >= 0.6 is 0 Å². The maximum absolute atomic E-state index is 4.92. The summed E-state index contributed by atoms with van der Waals surface area (Å²) in [5.74, 6) is 0. The Morgan fingerprint density at radius 3 is 1.67 bits per heavy atom. The maximum Gasteiger partial charge on any atom is 0 e. The fraction of sp³-hybridized carbons (Fsp3) is 1.00. The van der Waals surface area contributed by atoms with Gasteiger partial charge < -0.3 is 0 Å². The molecule has 0 aliphatic rings.